The van der Waals surface area contributed by atoms with Gasteiger partial charge in [-0.15, -0.1) is 11.3 Å². The number of carbonyl (C=O) groups excluding carboxylic acids is 1. The van der Waals surface area contributed by atoms with Crippen molar-refractivity contribution in [2.45, 2.75) is 44.4 Å². The molecule has 3 aromatic rings. The van der Waals surface area contributed by atoms with Crippen LogP contribution in [0.5, 0.6) is 0 Å². The van der Waals surface area contributed by atoms with Crippen LogP contribution in [0, 0.1) is 0 Å². The summed E-state index contributed by atoms with van der Waals surface area (Å²) in [6, 6.07) is 7.57. The highest BCUT2D eigenvalue weighted by Crippen LogP contribution is 2.33. The Morgan fingerprint density at radius 2 is 2.10 bits per heavy atom. The SMILES string of the molecule is CN(Cc1ccccc1Cl)C(=O)CCSCc1nc2sc3c(c2c(=O)[nH]1)CCCC3. The predicted octanol–water partition coefficient (Wildman–Crippen LogP) is 4.80. The second-order valence-corrected chi connectivity index (χ2v) is 10.1. The number of rotatable bonds is 7. The molecule has 0 atom stereocenters. The van der Waals surface area contributed by atoms with Gasteiger partial charge in [-0.1, -0.05) is 29.8 Å². The molecule has 2 heterocycles. The fraction of sp³-hybridized carbons (Fsp3) is 0.409. The molecule has 0 aliphatic heterocycles. The lowest BCUT2D eigenvalue weighted by Crippen LogP contribution is -2.26. The van der Waals surface area contributed by atoms with Gasteiger partial charge < -0.3 is 9.88 Å². The molecule has 1 N–H and O–H groups in total. The van der Waals surface area contributed by atoms with Gasteiger partial charge in [-0.25, -0.2) is 4.98 Å². The quantitative estimate of drug-likeness (QED) is 0.513. The molecule has 0 saturated carbocycles. The number of hydrogen-bond donors (Lipinski definition) is 1. The molecule has 1 aromatic carbocycles. The Morgan fingerprint density at radius 1 is 1.30 bits per heavy atom. The highest BCUT2D eigenvalue weighted by atomic mass is 35.5. The first-order chi connectivity index (χ1) is 14.5. The van der Waals surface area contributed by atoms with Crippen LogP contribution in [0.1, 0.15) is 41.1 Å². The Balaban J connectivity index is 1.31. The molecule has 158 valence electrons. The minimum absolute atomic E-state index is 0.0226. The molecule has 0 unspecified atom stereocenters. The monoisotopic (exact) mass is 461 g/mol. The first-order valence-electron chi connectivity index (χ1n) is 10.1. The molecular formula is C22H24ClN3O2S2. The summed E-state index contributed by atoms with van der Waals surface area (Å²) in [5.74, 6) is 2.03. The van der Waals surface area contributed by atoms with Crippen LogP contribution >= 0.6 is 34.7 Å². The molecule has 1 amide bonds. The van der Waals surface area contributed by atoms with Crippen LogP contribution in [0.3, 0.4) is 0 Å². The number of H-pyrrole nitrogens is 1. The maximum atomic E-state index is 12.6. The number of benzene rings is 1. The van der Waals surface area contributed by atoms with Gasteiger partial charge >= 0.3 is 0 Å². The molecule has 0 saturated heterocycles. The highest BCUT2D eigenvalue weighted by Gasteiger charge is 2.19. The molecule has 0 radical (unpaired) electrons. The maximum absolute atomic E-state index is 12.6. The Morgan fingerprint density at radius 3 is 2.93 bits per heavy atom. The number of nitrogens with zero attached hydrogens (tertiary/aromatic N) is 2. The van der Waals surface area contributed by atoms with Crippen LogP contribution in [0.15, 0.2) is 29.1 Å². The zero-order chi connectivity index (χ0) is 21.1. The number of carbonyl (C=O) groups is 1. The molecule has 5 nitrogen and oxygen atoms in total. The third-order valence-corrected chi connectivity index (χ3v) is 7.89. The number of hydrogen-bond acceptors (Lipinski definition) is 5. The topological polar surface area (TPSA) is 66.1 Å². The standard InChI is InChI=1S/C22H24ClN3O2S2/c1-26(12-14-6-2-4-8-16(14)23)19(27)10-11-29-13-18-24-21(28)20-15-7-3-5-9-17(15)30-22(20)25-18/h2,4,6,8H,3,5,7,9-13H2,1H3,(H,24,25,28). The van der Waals surface area contributed by atoms with E-state index in [0.29, 0.717) is 35.3 Å². The van der Waals surface area contributed by atoms with E-state index in [4.69, 9.17) is 16.6 Å². The van der Waals surface area contributed by atoms with Crippen molar-refractivity contribution in [3.05, 3.63) is 61.5 Å². The van der Waals surface area contributed by atoms with Crippen LogP contribution in [-0.2, 0) is 29.9 Å². The molecule has 0 fully saturated rings. The Bertz CT molecular complexity index is 1130. The number of fused-ring (bicyclic) bond motifs is 3. The van der Waals surface area contributed by atoms with Crippen LogP contribution in [-0.4, -0.2) is 33.6 Å². The molecule has 0 bridgehead atoms. The zero-order valence-electron chi connectivity index (χ0n) is 16.9. The maximum Gasteiger partial charge on any atom is 0.259 e. The number of thioether (sulfide) groups is 1. The van der Waals surface area contributed by atoms with Gasteiger partial charge in [0.15, 0.2) is 0 Å². The number of aryl methyl sites for hydroxylation is 2. The van der Waals surface area contributed by atoms with Crippen molar-refractivity contribution in [3.8, 4) is 0 Å². The number of thiophene rings is 1. The molecule has 1 aliphatic rings. The average molecular weight is 462 g/mol. The van der Waals surface area contributed by atoms with Gasteiger partial charge in [0.25, 0.3) is 5.56 Å². The summed E-state index contributed by atoms with van der Waals surface area (Å²) < 4.78 is 0. The van der Waals surface area contributed by atoms with E-state index in [-0.39, 0.29) is 11.5 Å². The molecule has 4 rings (SSSR count). The van der Waals surface area contributed by atoms with Crippen LogP contribution in [0.25, 0.3) is 10.2 Å². The summed E-state index contributed by atoms with van der Waals surface area (Å²) in [6.07, 6.45) is 4.82. The minimum atomic E-state index is -0.0226. The van der Waals surface area contributed by atoms with Crippen LogP contribution < -0.4 is 5.56 Å². The van der Waals surface area contributed by atoms with E-state index in [1.54, 1.807) is 35.0 Å². The van der Waals surface area contributed by atoms with Gasteiger partial charge in [0.1, 0.15) is 10.7 Å². The molecule has 8 heteroatoms. The molecule has 30 heavy (non-hydrogen) atoms. The van der Waals surface area contributed by atoms with Gasteiger partial charge in [0.05, 0.1) is 11.1 Å². The highest BCUT2D eigenvalue weighted by molar-refractivity contribution is 7.98. The van der Waals surface area contributed by atoms with E-state index in [2.05, 4.69) is 4.98 Å². The first kappa shape index (κ1) is 21.4. The summed E-state index contributed by atoms with van der Waals surface area (Å²) in [4.78, 5) is 36.5. The number of halogens is 1. The number of aromatic nitrogens is 2. The normalized spacial score (nSPS) is 13.4. The third-order valence-electron chi connectivity index (χ3n) is 5.36. The predicted molar refractivity (Wildman–Crippen MR) is 126 cm³/mol. The summed E-state index contributed by atoms with van der Waals surface area (Å²) >= 11 is 9.46. The molecular weight excluding hydrogens is 438 g/mol. The van der Waals surface area contributed by atoms with Crippen molar-refractivity contribution in [2.75, 3.05) is 12.8 Å². The molecule has 0 spiro atoms. The van der Waals surface area contributed by atoms with E-state index >= 15 is 0 Å². The summed E-state index contributed by atoms with van der Waals surface area (Å²) in [5.41, 5.74) is 2.13. The minimum Gasteiger partial charge on any atom is -0.341 e. The second kappa shape index (κ2) is 9.54. The average Bonchev–Trinajstić information content (AvgIpc) is 3.11. The van der Waals surface area contributed by atoms with Crippen molar-refractivity contribution >= 4 is 50.8 Å². The number of nitrogens with one attached hydrogen (secondary N) is 1. The lowest BCUT2D eigenvalue weighted by Gasteiger charge is -2.18. The van der Waals surface area contributed by atoms with Crippen molar-refractivity contribution in [1.82, 2.24) is 14.9 Å². The Kier molecular flexibility index (Phi) is 6.80. The van der Waals surface area contributed by atoms with E-state index in [9.17, 15) is 9.59 Å². The number of aromatic amines is 1. The van der Waals surface area contributed by atoms with Crippen molar-refractivity contribution in [2.24, 2.45) is 0 Å². The largest absolute Gasteiger partial charge is 0.341 e. The van der Waals surface area contributed by atoms with Gasteiger partial charge in [-0.05, 0) is 42.9 Å². The fourth-order valence-electron chi connectivity index (χ4n) is 3.77. The summed E-state index contributed by atoms with van der Waals surface area (Å²) in [6.45, 7) is 0.498. The van der Waals surface area contributed by atoms with Crippen LogP contribution in [0.2, 0.25) is 5.02 Å². The van der Waals surface area contributed by atoms with Gasteiger partial charge in [0.2, 0.25) is 5.91 Å². The fourth-order valence-corrected chi connectivity index (χ4v) is 6.04. The van der Waals surface area contributed by atoms with E-state index in [0.717, 1.165) is 35.0 Å². The van der Waals surface area contributed by atoms with Crippen molar-refractivity contribution in [3.63, 3.8) is 0 Å². The summed E-state index contributed by atoms with van der Waals surface area (Å²) in [5, 5.41) is 1.46. The third kappa shape index (κ3) is 4.74. The van der Waals surface area contributed by atoms with E-state index < -0.39 is 0 Å². The van der Waals surface area contributed by atoms with E-state index in [1.165, 1.54) is 16.9 Å². The zero-order valence-corrected chi connectivity index (χ0v) is 19.3. The Labute approximate surface area is 188 Å². The smallest absolute Gasteiger partial charge is 0.259 e. The van der Waals surface area contributed by atoms with Crippen molar-refractivity contribution in [1.29, 1.82) is 0 Å². The second-order valence-electron chi connectivity index (χ2n) is 7.55. The van der Waals surface area contributed by atoms with Gasteiger partial charge in [-0.3, -0.25) is 9.59 Å². The lowest BCUT2D eigenvalue weighted by atomic mass is 9.97. The van der Waals surface area contributed by atoms with Gasteiger partial charge in [-0.2, -0.15) is 11.8 Å². The van der Waals surface area contributed by atoms with Gasteiger partial charge in [0, 0.05) is 35.7 Å². The lowest BCUT2D eigenvalue weighted by molar-refractivity contribution is -0.129. The number of amides is 1. The first-order valence-corrected chi connectivity index (χ1v) is 12.5. The summed E-state index contributed by atoms with van der Waals surface area (Å²) in [7, 11) is 1.79. The Hall–Kier alpha value is -1.83. The molecule has 2 aromatic heterocycles. The van der Waals surface area contributed by atoms with E-state index in [1.807, 2.05) is 24.3 Å². The molecule has 1 aliphatic carbocycles. The van der Waals surface area contributed by atoms with Crippen molar-refractivity contribution < 1.29 is 4.79 Å². The van der Waals surface area contributed by atoms with Crippen LogP contribution in [0.4, 0.5) is 0 Å².